The van der Waals surface area contributed by atoms with E-state index >= 15 is 0 Å². The van der Waals surface area contributed by atoms with Gasteiger partial charge in [0.1, 0.15) is 0 Å². The minimum absolute atomic E-state index is 0.0816. The van der Waals surface area contributed by atoms with Crippen LogP contribution in [0.4, 0.5) is 5.69 Å². The van der Waals surface area contributed by atoms with Gasteiger partial charge >= 0.3 is 5.97 Å². The van der Waals surface area contributed by atoms with Crippen molar-refractivity contribution in [3.63, 3.8) is 0 Å². The van der Waals surface area contributed by atoms with E-state index in [0.29, 0.717) is 12.3 Å². The van der Waals surface area contributed by atoms with Crippen molar-refractivity contribution in [2.75, 3.05) is 17.3 Å². The molecule has 118 valence electrons. The van der Waals surface area contributed by atoms with Gasteiger partial charge in [0.05, 0.1) is 23.3 Å². The summed E-state index contributed by atoms with van der Waals surface area (Å²) in [6, 6.07) is 5.50. The van der Waals surface area contributed by atoms with Crippen LogP contribution in [0.25, 0.3) is 0 Å². The molecule has 0 spiro atoms. The average molecular weight is 321 g/mol. The number of carbonyl (C=O) groups excluding carboxylic acids is 3. The topological polar surface area (TPSA) is 63.7 Å². The molecule has 0 bridgehead atoms. The normalized spacial score (nSPS) is 18.0. The van der Waals surface area contributed by atoms with E-state index in [1.807, 2.05) is 26.0 Å². The lowest BCUT2D eigenvalue weighted by Crippen LogP contribution is -2.31. The van der Waals surface area contributed by atoms with Crippen molar-refractivity contribution in [2.45, 2.75) is 32.4 Å². The highest BCUT2D eigenvalue weighted by atomic mass is 32.2. The number of imide groups is 1. The SMILES string of the molecule is CCOC(=O)CS[C@@H]1CC(=O)N(c2ccc(C)c(C)c2)C1=O. The van der Waals surface area contributed by atoms with Crippen LogP contribution in [0.15, 0.2) is 18.2 Å². The number of benzene rings is 1. The molecule has 0 aliphatic carbocycles. The van der Waals surface area contributed by atoms with Crippen LogP contribution >= 0.6 is 11.8 Å². The Morgan fingerprint density at radius 2 is 2.05 bits per heavy atom. The second kappa shape index (κ2) is 6.96. The summed E-state index contributed by atoms with van der Waals surface area (Å²) in [4.78, 5) is 37.1. The first-order chi connectivity index (χ1) is 10.4. The first kappa shape index (κ1) is 16.5. The van der Waals surface area contributed by atoms with Crippen molar-refractivity contribution in [2.24, 2.45) is 0 Å². The molecule has 1 heterocycles. The summed E-state index contributed by atoms with van der Waals surface area (Å²) in [7, 11) is 0. The second-order valence-corrected chi connectivity index (χ2v) is 6.34. The third-order valence-electron chi connectivity index (χ3n) is 3.56. The number of carbonyl (C=O) groups is 3. The molecule has 1 fully saturated rings. The molecular weight excluding hydrogens is 302 g/mol. The molecule has 0 radical (unpaired) electrons. The van der Waals surface area contributed by atoms with Gasteiger partial charge in [0.25, 0.3) is 0 Å². The quantitative estimate of drug-likeness (QED) is 0.615. The molecule has 1 aromatic rings. The number of hydrogen-bond acceptors (Lipinski definition) is 5. The van der Waals surface area contributed by atoms with E-state index in [0.717, 1.165) is 22.9 Å². The lowest BCUT2D eigenvalue weighted by Gasteiger charge is -2.16. The van der Waals surface area contributed by atoms with E-state index < -0.39 is 5.25 Å². The number of aryl methyl sites for hydroxylation is 2. The zero-order chi connectivity index (χ0) is 16.3. The zero-order valence-corrected chi connectivity index (χ0v) is 13.7. The van der Waals surface area contributed by atoms with Gasteiger partial charge in [0.2, 0.25) is 11.8 Å². The minimum atomic E-state index is -0.515. The monoisotopic (exact) mass is 321 g/mol. The third kappa shape index (κ3) is 3.50. The fourth-order valence-corrected chi connectivity index (χ4v) is 3.17. The molecule has 0 N–H and O–H groups in total. The number of anilines is 1. The predicted octanol–water partition coefficient (Wildman–Crippen LogP) is 2.23. The predicted molar refractivity (Wildman–Crippen MR) is 85.9 cm³/mol. The maximum absolute atomic E-state index is 12.4. The number of esters is 1. The van der Waals surface area contributed by atoms with E-state index in [2.05, 4.69) is 0 Å². The molecule has 5 nitrogen and oxygen atoms in total. The largest absolute Gasteiger partial charge is 0.465 e. The lowest BCUT2D eigenvalue weighted by atomic mass is 10.1. The summed E-state index contributed by atoms with van der Waals surface area (Å²) in [5.74, 6) is -0.771. The summed E-state index contributed by atoms with van der Waals surface area (Å²) in [6.07, 6.45) is 0.121. The van der Waals surface area contributed by atoms with E-state index in [9.17, 15) is 14.4 Å². The minimum Gasteiger partial charge on any atom is -0.465 e. The summed E-state index contributed by atoms with van der Waals surface area (Å²) < 4.78 is 4.83. The maximum Gasteiger partial charge on any atom is 0.315 e. The highest BCUT2D eigenvalue weighted by Crippen LogP contribution is 2.30. The van der Waals surface area contributed by atoms with Crippen LogP contribution in [0.3, 0.4) is 0 Å². The molecule has 6 heteroatoms. The fraction of sp³-hybridized carbons (Fsp3) is 0.438. The Morgan fingerprint density at radius 3 is 2.68 bits per heavy atom. The fourth-order valence-electron chi connectivity index (χ4n) is 2.24. The highest BCUT2D eigenvalue weighted by Gasteiger charge is 2.40. The van der Waals surface area contributed by atoms with E-state index in [-0.39, 0.29) is 30.0 Å². The van der Waals surface area contributed by atoms with Crippen LogP contribution < -0.4 is 4.90 Å². The van der Waals surface area contributed by atoms with Gasteiger partial charge in [0, 0.05) is 6.42 Å². The van der Waals surface area contributed by atoms with Crippen LogP contribution in [-0.2, 0) is 19.1 Å². The van der Waals surface area contributed by atoms with Crippen LogP contribution in [0, 0.1) is 13.8 Å². The Morgan fingerprint density at radius 1 is 1.32 bits per heavy atom. The van der Waals surface area contributed by atoms with Gasteiger partial charge < -0.3 is 4.74 Å². The van der Waals surface area contributed by atoms with Crippen molar-refractivity contribution in [3.05, 3.63) is 29.3 Å². The van der Waals surface area contributed by atoms with Crippen molar-refractivity contribution < 1.29 is 19.1 Å². The van der Waals surface area contributed by atoms with Crippen LogP contribution in [-0.4, -0.2) is 35.4 Å². The first-order valence-corrected chi connectivity index (χ1v) is 8.20. The average Bonchev–Trinajstić information content (AvgIpc) is 2.75. The van der Waals surface area contributed by atoms with Gasteiger partial charge in [0.15, 0.2) is 0 Å². The summed E-state index contributed by atoms with van der Waals surface area (Å²) >= 11 is 1.16. The molecule has 1 aliphatic rings. The van der Waals surface area contributed by atoms with Gasteiger partial charge in [-0.15, -0.1) is 11.8 Å². The summed E-state index contributed by atoms with van der Waals surface area (Å²) in [5, 5.41) is -0.515. The van der Waals surface area contributed by atoms with Crippen LogP contribution in [0.5, 0.6) is 0 Å². The zero-order valence-electron chi connectivity index (χ0n) is 12.9. The van der Waals surface area contributed by atoms with Crippen LogP contribution in [0.1, 0.15) is 24.5 Å². The van der Waals surface area contributed by atoms with E-state index in [1.165, 1.54) is 4.90 Å². The summed E-state index contributed by atoms with van der Waals surface area (Å²) in [5.41, 5.74) is 2.73. The van der Waals surface area contributed by atoms with E-state index in [4.69, 9.17) is 4.74 Å². The van der Waals surface area contributed by atoms with Crippen molar-refractivity contribution >= 4 is 35.2 Å². The number of thioether (sulfide) groups is 1. The molecule has 0 saturated carbocycles. The molecule has 22 heavy (non-hydrogen) atoms. The molecule has 2 rings (SSSR count). The standard InChI is InChI=1S/C16H19NO4S/c1-4-21-15(19)9-22-13-8-14(18)17(16(13)20)12-6-5-10(2)11(3)7-12/h5-7,13H,4,8-9H2,1-3H3/t13-/m1/s1. The molecule has 1 aliphatic heterocycles. The second-order valence-electron chi connectivity index (χ2n) is 5.14. The van der Waals surface area contributed by atoms with Crippen molar-refractivity contribution in [1.82, 2.24) is 0 Å². The Hall–Kier alpha value is -1.82. The molecule has 1 saturated heterocycles. The molecule has 1 aromatic carbocycles. The number of hydrogen-bond donors (Lipinski definition) is 0. The molecule has 0 aromatic heterocycles. The van der Waals surface area contributed by atoms with Crippen molar-refractivity contribution in [1.29, 1.82) is 0 Å². The Balaban J connectivity index is 2.08. The van der Waals surface area contributed by atoms with Gasteiger partial charge in [-0.05, 0) is 44.0 Å². The van der Waals surface area contributed by atoms with Gasteiger partial charge in [-0.3, -0.25) is 14.4 Å². The maximum atomic E-state index is 12.4. The Labute approximate surface area is 134 Å². The summed E-state index contributed by atoms with van der Waals surface area (Å²) in [6.45, 7) is 5.96. The van der Waals surface area contributed by atoms with Crippen molar-refractivity contribution in [3.8, 4) is 0 Å². The Bertz CT molecular complexity index is 614. The third-order valence-corrected chi connectivity index (χ3v) is 4.73. The number of ether oxygens (including phenoxy) is 1. The van der Waals surface area contributed by atoms with Crippen LogP contribution in [0.2, 0.25) is 0 Å². The van der Waals surface area contributed by atoms with Gasteiger partial charge in [-0.2, -0.15) is 0 Å². The smallest absolute Gasteiger partial charge is 0.315 e. The molecule has 0 unspecified atom stereocenters. The molecule has 1 atom stereocenters. The molecule has 2 amide bonds. The van der Waals surface area contributed by atoms with Gasteiger partial charge in [-0.25, -0.2) is 4.90 Å². The van der Waals surface area contributed by atoms with E-state index in [1.54, 1.807) is 13.0 Å². The highest BCUT2D eigenvalue weighted by molar-refractivity contribution is 8.01. The Kier molecular flexibility index (Phi) is 5.24. The lowest BCUT2D eigenvalue weighted by molar-refractivity contribution is -0.139. The van der Waals surface area contributed by atoms with Gasteiger partial charge in [-0.1, -0.05) is 6.07 Å². The number of nitrogens with zero attached hydrogens (tertiary/aromatic N) is 1. The number of rotatable bonds is 5. The number of amides is 2. The first-order valence-electron chi connectivity index (χ1n) is 7.15. The molecular formula is C16H19NO4S.